The molecule has 1 rings (SSSR count). The van der Waals surface area contributed by atoms with Crippen molar-refractivity contribution in [2.75, 3.05) is 12.3 Å². The van der Waals surface area contributed by atoms with Crippen molar-refractivity contribution in [1.82, 2.24) is 0 Å². The summed E-state index contributed by atoms with van der Waals surface area (Å²) in [5.41, 5.74) is 3.59. The van der Waals surface area contributed by atoms with E-state index in [0.29, 0.717) is 13.0 Å². The number of aryl methyl sites for hydroxylation is 1. The Morgan fingerprint density at radius 1 is 1.35 bits per heavy atom. The summed E-state index contributed by atoms with van der Waals surface area (Å²) < 4.78 is 36.0. The van der Waals surface area contributed by atoms with Gasteiger partial charge in [-0.25, -0.2) is 0 Å². The molecular weight excluding hydrogens is 247 g/mol. The summed E-state index contributed by atoms with van der Waals surface area (Å²) >= 11 is 0.0206. The van der Waals surface area contributed by atoms with Gasteiger partial charge in [0.2, 0.25) is 0 Å². The Morgan fingerprint density at radius 2 is 2.06 bits per heavy atom. The Kier molecular flexibility index (Phi) is 5.33. The van der Waals surface area contributed by atoms with Crippen LogP contribution in [-0.4, -0.2) is 17.8 Å². The lowest BCUT2D eigenvalue weighted by Crippen LogP contribution is -2.14. The van der Waals surface area contributed by atoms with Crippen molar-refractivity contribution < 1.29 is 13.2 Å². The Bertz CT molecular complexity index is 352. The number of alkyl halides is 3. The van der Waals surface area contributed by atoms with Crippen LogP contribution in [0.25, 0.3) is 0 Å². The number of hydrogen-bond acceptors (Lipinski definition) is 2. The van der Waals surface area contributed by atoms with E-state index in [1.165, 1.54) is 0 Å². The molecule has 1 unspecified atom stereocenters. The third kappa shape index (κ3) is 5.46. The zero-order valence-electron chi connectivity index (χ0n) is 9.63. The Balaban J connectivity index is 2.54. The van der Waals surface area contributed by atoms with Crippen LogP contribution in [0.5, 0.6) is 0 Å². The fraction of sp³-hybridized carbons (Fsp3) is 0.500. The second-order valence-corrected chi connectivity index (χ2v) is 5.09. The predicted molar refractivity (Wildman–Crippen MR) is 66.1 cm³/mol. The monoisotopic (exact) mass is 263 g/mol. The van der Waals surface area contributed by atoms with E-state index in [1.54, 1.807) is 0 Å². The molecule has 0 aliphatic rings. The summed E-state index contributed by atoms with van der Waals surface area (Å²) in [5.74, 6) is 0.0593. The fourth-order valence-electron chi connectivity index (χ4n) is 1.66. The minimum Gasteiger partial charge on any atom is -0.330 e. The summed E-state index contributed by atoms with van der Waals surface area (Å²) in [4.78, 5) is 0. The van der Waals surface area contributed by atoms with Crippen LogP contribution in [0, 0.1) is 6.92 Å². The predicted octanol–water partition coefficient (Wildman–Crippen LogP) is 3.68. The molecular formula is C12H16F3NS. The summed E-state index contributed by atoms with van der Waals surface area (Å²) in [7, 11) is 0. The maximum absolute atomic E-state index is 12.0. The summed E-state index contributed by atoms with van der Waals surface area (Å²) in [6, 6.07) is 7.77. The van der Waals surface area contributed by atoms with Crippen LogP contribution in [0.15, 0.2) is 24.3 Å². The lowest BCUT2D eigenvalue weighted by atomic mass is 9.95. The van der Waals surface area contributed by atoms with Gasteiger partial charge in [-0.2, -0.15) is 13.2 Å². The molecule has 17 heavy (non-hydrogen) atoms. The van der Waals surface area contributed by atoms with Gasteiger partial charge in [-0.1, -0.05) is 41.6 Å². The van der Waals surface area contributed by atoms with Gasteiger partial charge in [0.15, 0.2) is 0 Å². The van der Waals surface area contributed by atoms with Crippen LogP contribution in [0.1, 0.15) is 23.5 Å². The van der Waals surface area contributed by atoms with Crippen molar-refractivity contribution in [3.05, 3.63) is 35.4 Å². The van der Waals surface area contributed by atoms with Crippen LogP contribution in [0.2, 0.25) is 0 Å². The Morgan fingerprint density at radius 3 is 2.59 bits per heavy atom. The SMILES string of the molecule is Cc1cccc(C(CN)CCSC(F)(F)F)c1. The van der Waals surface area contributed by atoms with E-state index >= 15 is 0 Å². The molecule has 0 fully saturated rings. The molecule has 0 amide bonds. The van der Waals surface area contributed by atoms with Crippen LogP contribution < -0.4 is 5.73 Å². The maximum atomic E-state index is 12.0. The van der Waals surface area contributed by atoms with Crippen LogP contribution >= 0.6 is 11.8 Å². The molecule has 1 aromatic carbocycles. The van der Waals surface area contributed by atoms with E-state index in [0.717, 1.165) is 11.1 Å². The van der Waals surface area contributed by atoms with Gasteiger partial charge >= 0.3 is 5.51 Å². The van der Waals surface area contributed by atoms with E-state index < -0.39 is 5.51 Å². The molecule has 0 saturated carbocycles. The first-order chi connectivity index (χ1) is 7.92. The largest absolute Gasteiger partial charge is 0.441 e. The van der Waals surface area contributed by atoms with Gasteiger partial charge in [-0.3, -0.25) is 0 Å². The highest BCUT2D eigenvalue weighted by atomic mass is 32.2. The highest BCUT2D eigenvalue weighted by Gasteiger charge is 2.28. The average Bonchev–Trinajstić information content (AvgIpc) is 2.23. The summed E-state index contributed by atoms with van der Waals surface area (Å²) in [5, 5.41) is 0. The molecule has 0 bridgehead atoms. The van der Waals surface area contributed by atoms with Gasteiger partial charge in [-0.15, -0.1) is 0 Å². The molecule has 0 heterocycles. The third-order valence-electron chi connectivity index (χ3n) is 2.53. The van der Waals surface area contributed by atoms with Gasteiger partial charge in [0.05, 0.1) is 0 Å². The molecule has 1 nitrogen and oxygen atoms in total. The van der Waals surface area contributed by atoms with E-state index in [1.807, 2.05) is 31.2 Å². The minimum atomic E-state index is -4.15. The van der Waals surface area contributed by atoms with Gasteiger partial charge in [0.1, 0.15) is 0 Å². The average molecular weight is 263 g/mol. The molecule has 0 aliphatic heterocycles. The third-order valence-corrected chi connectivity index (χ3v) is 3.30. The van der Waals surface area contributed by atoms with Gasteiger partial charge in [0, 0.05) is 5.75 Å². The van der Waals surface area contributed by atoms with Crippen molar-refractivity contribution in [3.63, 3.8) is 0 Å². The number of rotatable bonds is 5. The van der Waals surface area contributed by atoms with Gasteiger partial charge in [-0.05, 0) is 31.4 Å². The highest BCUT2D eigenvalue weighted by molar-refractivity contribution is 8.00. The first-order valence-electron chi connectivity index (χ1n) is 5.39. The van der Waals surface area contributed by atoms with Gasteiger partial charge in [0.25, 0.3) is 0 Å². The topological polar surface area (TPSA) is 26.0 Å². The lowest BCUT2D eigenvalue weighted by Gasteiger charge is -2.16. The zero-order valence-corrected chi connectivity index (χ0v) is 10.4. The van der Waals surface area contributed by atoms with Crippen LogP contribution in [0.4, 0.5) is 13.2 Å². The van der Waals surface area contributed by atoms with Crippen molar-refractivity contribution in [1.29, 1.82) is 0 Å². The smallest absolute Gasteiger partial charge is 0.330 e. The molecule has 2 N–H and O–H groups in total. The van der Waals surface area contributed by atoms with Crippen molar-refractivity contribution in [2.45, 2.75) is 24.8 Å². The molecule has 0 saturated heterocycles. The molecule has 0 aromatic heterocycles. The quantitative estimate of drug-likeness (QED) is 0.877. The summed E-state index contributed by atoms with van der Waals surface area (Å²) in [6.45, 7) is 2.34. The molecule has 1 aromatic rings. The fourth-order valence-corrected chi connectivity index (χ4v) is 2.30. The standard InChI is InChI=1S/C12H16F3NS/c1-9-3-2-4-10(7-9)11(8-16)5-6-17-12(13,14)15/h2-4,7,11H,5-6,8,16H2,1H3. The normalized spacial score (nSPS) is 13.7. The maximum Gasteiger partial charge on any atom is 0.441 e. The number of thioether (sulfide) groups is 1. The van der Waals surface area contributed by atoms with Crippen LogP contribution in [-0.2, 0) is 0 Å². The van der Waals surface area contributed by atoms with Crippen molar-refractivity contribution >= 4 is 11.8 Å². The highest BCUT2D eigenvalue weighted by Crippen LogP contribution is 2.32. The van der Waals surface area contributed by atoms with Crippen LogP contribution in [0.3, 0.4) is 0 Å². The minimum absolute atomic E-state index is 0.00440. The number of nitrogens with two attached hydrogens (primary N) is 1. The number of benzene rings is 1. The van der Waals surface area contributed by atoms with E-state index in [9.17, 15) is 13.2 Å². The first-order valence-corrected chi connectivity index (χ1v) is 6.38. The number of halogens is 3. The second-order valence-electron chi connectivity index (χ2n) is 3.93. The van der Waals surface area contributed by atoms with E-state index in [4.69, 9.17) is 5.73 Å². The molecule has 0 radical (unpaired) electrons. The molecule has 1 atom stereocenters. The van der Waals surface area contributed by atoms with E-state index in [-0.39, 0.29) is 23.4 Å². The first kappa shape index (κ1) is 14.4. The lowest BCUT2D eigenvalue weighted by molar-refractivity contribution is -0.0328. The van der Waals surface area contributed by atoms with Gasteiger partial charge < -0.3 is 5.73 Å². The van der Waals surface area contributed by atoms with E-state index in [2.05, 4.69) is 0 Å². The molecule has 0 aliphatic carbocycles. The molecule has 96 valence electrons. The van der Waals surface area contributed by atoms with Crippen molar-refractivity contribution in [3.8, 4) is 0 Å². The second kappa shape index (κ2) is 6.31. The molecule has 5 heteroatoms. The Labute approximate surface area is 104 Å². The van der Waals surface area contributed by atoms with Crippen molar-refractivity contribution in [2.24, 2.45) is 5.73 Å². The Hall–Kier alpha value is -0.680. The zero-order chi connectivity index (χ0) is 12.9. The summed E-state index contributed by atoms with van der Waals surface area (Å²) in [6.07, 6.45) is 0.449. The number of hydrogen-bond donors (Lipinski definition) is 1. The molecule has 0 spiro atoms.